The van der Waals surface area contributed by atoms with Crippen molar-refractivity contribution in [1.29, 1.82) is 0 Å². The molecule has 1 atom stereocenters. The second-order valence-corrected chi connectivity index (χ2v) is 11.3. The summed E-state index contributed by atoms with van der Waals surface area (Å²) in [6.45, 7) is 14.2. The Hall–Kier alpha value is -0.903. The van der Waals surface area contributed by atoms with Gasteiger partial charge in [0.25, 0.3) is 0 Å². The molecule has 0 saturated heterocycles. The van der Waals surface area contributed by atoms with Gasteiger partial charge in [-0.2, -0.15) is 0 Å². The topological polar surface area (TPSA) is 3.24 Å². The van der Waals surface area contributed by atoms with Gasteiger partial charge in [0.1, 0.15) is 8.96 Å². The van der Waals surface area contributed by atoms with Crippen LogP contribution in [0.15, 0.2) is 30.3 Å². The van der Waals surface area contributed by atoms with Crippen LogP contribution in [0.2, 0.25) is 13.1 Å². The predicted octanol–water partition coefficient (Wildman–Crippen LogP) is 5.21. The lowest BCUT2D eigenvalue weighted by molar-refractivity contribution is 0.214. The van der Waals surface area contributed by atoms with Crippen LogP contribution >= 0.6 is 11.3 Å². The number of aryl methyl sites for hydroxylation is 1. The summed E-state index contributed by atoms with van der Waals surface area (Å²) in [5, 5.41) is 0. The Bertz CT molecular complexity index is 666. The van der Waals surface area contributed by atoms with Gasteiger partial charge in [-0.1, -0.05) is 37.4 Å². The molecule has 1 aromatic carbocycles. The van der Waals surface area contributed by atoms with E-state index in [1.807, 2.05) is 11.3 Å². The average Bonchev–Trinajstić information content (AvgIpc) is 2.86. The minimum Gasteiger partial charge on any atom is -0.311 e. The van der Waals surface area contributed by atoms with E-state index in [1.54, 1.807) is 4.88 Å². The summed E-state index contributed by atoms with van der Waals surface area (Å²) in [6, 6.07) is 11.8. The van der Waals surface area contributed by atoms with E-state index in [4.69, 9.17) is 0 Å². The summed E-state index contributed by atoms with van der Waals surface area (Å²) in [5.41, 5.74) is 4.64. The zero-order valence-electron chi connectivity index (χ0n) is 13.9. The van der Waals surface area contributed by atoms with Crippen molar-refractivity contribution < 1.29 is 0 Å². The van der Waals surface area contributed by atoms with Gasteiger partial charge in [0.05, 0.1) is 6.04 Å². The number of fused-ring (bicyclic) bond motifs is 3. The Morgan fingerprint density at radius 3 is 2.38 bits per heavy atom. The monoisotopic (exact) mass is 315 g/mol. The number of hydrogen-bond acceptors (Lipinski definition) is 2. The smallest absolute Gasteiger partial charge is 0.107 e. The normalized spacial score (nSPS) is 17.4. The van der Waals surface area contributed by atoms with Gasteiger partial charge in [0.15, 0.2) is 0 Å². The fourth-order valence-electron chi connectivity index (χ4n) is 3.80. The maximum absolute atomic E-state index is 2.80. The van der Waals surface area contributed by atoms with Crippen LogP contribution < -0.4 is 0 Å². The van der Waals surface area contributed by atoms with Gasteiger partial charge >= 0.3 is 0 Å². The van der Waals surface area contributed by atoms with E-state index in [2.05, 4.69) is 75.7 Å². The molecular weight excluding hydrogens is 290 g/mol. The largest absolute Gasteiger partial charge is 0.311 e. The number of rotatable bonds is 2. The number of nitrogens with zero attached hydrogens (tertiary/aromatic N) is 1. The lowest BCUT2D eigenvalue weighted by Gasteiger charge is -2.43. The van der Waals surface area contributed by atoms with Gasteiger partial charge in [-0.05, 0) is 50.5 Å². The summed E-state index contributed by atoms with van der Waals surface area (Å²) >= 11 is 1.98. The van der Waals surface area contributed by atoms with E-state index >= 15 is 0 Å². The molecule has 1 nitrogen and oxygen atoms in total. The fourth-order valence-corrected chi connectivity index (χ4v) is 7.52. The third-order valence-corrected chi connectivity index (χ3v) is 7.58. The van der Waals surface area contributed by atoms with Gasteiger partial charge in [0.2, 0.25) is 0 Å². The van der Waals surface area contributed by atoms with Gasteiger partial charge in [-0.15, -0.1) is 11.3 Å². The van der Waals surface area contributed by atoms with Crippen molar-refractivity contribution in [3.8, 4) is 11.1 Å². The highest BCUT2D eigenvalue weighted by Gasteiger charge is 2.40. The van der Waals surface area contributed by atoms with E-state index in [0.29, 0.717) is 6.04 Å². The quantitative estimate of drug-likeness (QED) is 0.688. The molecule has 3 rings (SSSR count). The van der Waals surface area contributed by atoms with Crippen molar-refractivity contribution in [1.82, 2.24) is 4.57 Å². The highest BCUT2D eigenvalue weighted by Crippen LogP contribution is 2.51. The van der Waals surface area contributed by atoms with Crippen molar-refractivity contribution >= 4 is 20.3 Å². The molecule has 1 aliphatic carbocycles. The molecular formula is C18H25NSSi. The van der Waals surface area contributed by atoms with Gasteiger partial charge in [0, 0.05) is 15.3 Å². The van der Waals surface area contributed by atoms with Crippen LogP contribution in [-0.4, -0.2) is 19.1 Å². The Kier molecular flexibility index (Phi) is 3.63. The van der Waals surface area contributed by atoms with Crippen molar-refractivity contribution in [2.75, 3.05) is 0 Å². The molecule has 3 heteroatoms. The SMILES string of the molecule is Cc1cc2c(s1)C(N([SiH](C)C)C(C)(C)C)c1ccccc1-2. The van der Waals surface area contributed by atoms with Crippen molar-refractivity contribution in [3.63, 3.8) is 0 Å². The molecule has 0 bridgehead atoms. The Labute approximate surface area is 134 Å². The number of benzene rings is 1. The number of thiophene rings is 1. The standard InChI is InChI=1S/C18H25NSSi/c1-12-11-15-13-9-7-8-10-14(13)16(17(15)20-12)19(21(5)6)18(2,3)4/h7-11,16,21H,1-6H3. The Balaban J connectivity index is 2.22. The van der Waals surface area contributed by atoms with Crippen molar-refractivity contribution in [2.24, 2.45) is 0 Å². The van der Waals surface area contributed by atoms with E-state index in [-0.39, 0.29) is 5.54 Å². The molecule has 0 fully saturated rings. The van der Waals surface area contributed by atoms with Gasteiger partial charge < -0.3 is 4.57 Å². The lowest BCUT2D eigenvalue weighted by atomic mass is 10.0. The highest BCUT2D eigenvalue weighted by atomic mass is 32.1. The molecule has 1 aliphatic rings. The van der Waals surface area contributed by atoms with E-state index < -0.39 is 8.96 Å². The average molecular weight is 316 g/mol. The molecule has 0 N–H and O–H groups in total. The third-order valence-electron chi connectivity index (χ3n) is 4.29. The molecule has 0 radical (unpaired) electrons. The second kappa shape index (κ2) is 5.08. The second-order valence-electron chi connectivity index (χ2n) is 7.30. The first-order valence-corrected chi connectivity index (χ1v) is 11.4. The molecule has 21 heavy (non-hydrogen) atoms. The minimum atomic E-state index is -0.932. The molecule has 0 amide bonds. The molecule has 2 aromatic rings. The third kappa shape index (κ3) is 2.41. The molecule has 0 saturated carbocycles. The predicted molar refractivity (Wildman–Crippen MR) is 96.8 cm³/mol. The van der Waals surface area contributed by atoms with E-state index in [1.165, 1.54) is 21.6 Å². The highest BCUT2D eigenvalue weighted by molar-refractivity contribution is 7.12. The van der Waals surface area contributed by atoms with Crippen molar-refractivity contribution in [3.05, 3.63) is 45.6 Å². The zero-order chi connectivity index (χ0) is 15.4. The zero-order valence-corrected chi connectivity index (χ0v) is 15.9. The fraction of sp³-hybridized carbons (Fsp3) is 0.444. The summed E-state index contributed by atoms with van der Waals surface area (Å²) in [5.74, 6) is 0. The summed E-state index contributed by atoms with van der Waals surface area (Å²) < 4.78 is 2.80. The van der Waals surface area contributed by atoms with Crippen LogP contribution in [0.5, 0.6) is 0 Å². The molecule has 1 aromatic heterocycles. The van der Waals surface area contributed by atoms with Crippen LogP contribution in [0.4, 0.5) is 0 Å². The molecule has 1 heterocycles. The van der Waals surface area contributed by atoms with E-state index in [9.17, 15) is 0 Å². The first-order chi connectivity index (χ1) is 9.80. The van der Waals surface area contributed by atoms with Gasteiger partial charge in [-0.25, -0.2) is 0 Å². The maximum atomic E-state index is 2.80. The Morgan fingerprint density at radius 2 is 1.76 bits per heavy atom. The molecule has 112 valence electrons. The van der Waals surface area contributed by atoms with Crippen molar-refractivity contribution in [2.45, 2.75) is 52.4 Å². The van der Waals surface area contributed by atoms with Crippen LogP contribution in [0.25, 0.3) is 11.1 Å². The van der Waals surface area contributed by atoms with Crippen LogP contribution in [0.1, 0.15) is 42.1 Å². The maximum Gasteiger partial charge on any atom is 0.107 e. The minimum absolute atomic E-state index is 0.206. The molecule has 0 aliphatic heterocycles. The van der Waals surface area contributed by atoms with Crippen LogP contribution in [-0.2, 0) is 0 Å². The Morgan fingerprint density at radius 1 is 1.10 bits per heavy atom. The summed E-state index contributed by atoms with van der Waals surface area (Å²) in [7, 11) is -0.932. The van der Waals surface area contributed by atoms with Crippen LogP contribution in [0.3, 0.4) is 0 Å². The van der Waals surface area contributed by atoms with Crippen LogP contribution in [0, 0.1) is 6.92 Å². The lowest BCUT2D eigenvalue weighted by Crippen LogP contribution is -2.50. The first kappa shape index (κ1) is 15.0. The molecule has 0 spiro atoms. The van der Waals surface area contributed by atoms with Gasteiger partial charge in [-0.3, -0.25) is 0 Å². The summed E-state index contributed by atoms with van der Waals surface area (Å²) in [6.07, 6.45) is 0. The van der Waals surface area contributed by atoms with E-state index in [0.717, 1.165) is 0 Å². The first-order valence-electron chi connectivity index (χ1n) is 7.79. The summed E-state index contributed by atoms with van der Waals surface area (Å²) in [4.78, 5) is 2.99. The number of hydrogen-bond donors (Lipinski definition) is 0. The molecule has 1 unspecified atom stereocenters.